The van der Waals surface area contributed by atoms with E-state index in [1.54, 1.807) is 0 Å². The molecule has 0 spiro atoms. The van der Waals surface area contributed by atoms with Crippen LogP contribution in [0.3, 0.4) is 0 Å². The largest absolute Gasteiger partial charge is 0.494 e. The van der Waals surface area contributed by atoms with E-state index in [0.717, 1.165) is 5.46 Å². The fourth-order valence-electron chi connectivity index (χ4n) is 4.59. The minimum absolute atomic E-state index is 0.344. The van der Waals surface area contributed by atoms with Crippen molar-refractivity contribution in [2.45, 2.75) is 48.7 Å². The highest BCUT2D eigenvalue weighted by Gasteiger charge is 2.51. The number of benzene rings is 4. The maximum Gasteiger partial charge on any atom is 0.494 e. The Kier molecular flexibility index (Phi) is 4.39. The first-order valence-electron chi connectivity index (χ1n) is 11.1. The van der Waals surface area contributed by atoms with Crippen LogP contribution in [0.1, 0.15) is 27.7 Å². The molecule has 0 bridgehead atoms. The Morgan fingerprint density at radius 3 is 2.12 bits per heavy atom. The zero-order valence-electron chi connectivity index (χ0n) is 18.8. The molecule has 1 fully saturated rings. The van der Waals surface area contributed by atoms with Crippen LogP contribution < -0.4 is 5.46 Å². The Labute approximate surface area is 194 Å². The summed E-state index contributed by atoms with van der Waals surface area (Å²) in [7, 11) is -0.353. The Morgan fingerprint density at radius 1 is 0.656 bits per heavy atom. The van der Waals surface area contributed by atoms with Gasteiger partial charge in [0.1, 0.15) is 0 Å². The van der Waals surface area contributed by atoms with Gasteiger partial charge in [0.15, 0.2) is 0 Å². The van der Waals surface area contributed by atoms with Crippen LogP contribution in [-0.2, 0) is 9.31 Å². The van der Waals surface area contributed by atoms with E-state index in [4.69, 9.17) is 9.31 Å². The van der Waals surface area contributed by atoms with Gasteiger partial charge in [-0.15, -0.1) is 0 Å². The van der Waals surface area contributed by atoms with Crippen molar-refractivity contribution in [3.63, 3.8) is 0 Å². The van der Waals surface area contributed by atoms with Crippen LogP contribution in [-0.4, -0.2) is 18.3 Å². The second-order valence-electron chi connectivity index (χ2n) is 9.69. The van der Waals surface area contributed by atoms with E-state index in [1.807, 2.05) is 11.8 Å². The van der Waals surface area contributed by atoms with Gasteiger partial charge in [0.05, 0.1) is 11.2 Å². The van der Waals surface area contributed by atoms with E-state index in [2.05, 4.69) is 107 Å². The van der Waals surface area contributed by atoms with Gasteiger partial charge in [0, 0.05) is 15.2 Å². The summed E-state index contributed by atoms with van der Waals surface area (Å²) in [5.74, 6) is 0. The molecule has 0 saturated carbocycles. The average molecular weight is 436 g/mol. The predicted octanol–water partition coefficient (Wildman–Crippen LogP) is 6.94. The van der Waals surface area contributed by atoms with Crippen molar-refractivity contribution in [2.75, 3.05) is 0 Å². The minimum Gasteiger partial charge on any atom is -0.399 e. The lowest BCUT2D eigenvalue weighted by Gasteiger charge is -2.32. The number of hydrogen-bond acceptors (Lipinski definition) is 3. The number of hydrogen-bond donors (Lipinski definition) is 0. The summed E-state index contributed by atoms with van der Waals surface area (Å²) in [4.78, 5) is 2.64. The Morgan fingerprint density at radius 2 is 1.34 bits per heavy atom. The topological polar surface area (TPSA) is 18.5 Å². The highest BCUT2D eigenvalue weighted by molar-refractivity contribution is 7.99. The molecular formula is C28H25BO2S. The number of fused-ring (bicyclic) bond motifs is 2. The summed E-state index contributed by atoms with van der Waals surface area (Å²) in [6, 6.07) is 28.5. The van der Waals surface area contributed by atoms with Gasteiger partial charge in [-0.1, -0.05) is 72.4 Å². The zero-order chi connectivity index (χ0) is 22.1. The van der Waals surface area contributed by atoms with E-state index in [-0.39, 0.29) is 18.3 Å². The van der Waals surface area contributed by atoms with Crippen LogP contribution in [0, 0.1) is 0 Å². The van der Waals surface area contributed by atoms with Gasteiger partial charge in [0.25, 0.3) is 0 Å². The van der Waals surface area contributed by atoms with Crippen molar-refractivity contribution in [1.29, 1.82) is 0 Å². The van der Waals surface area contributed by atoms with Gasteiger partial charge in [-0.05, 0) is 79.0 Å². The van der Waals surface area contributed by atoms with Crippen molar-refractivity contribution in [3.8, 4) is 22.3 Å². The molecule has 0 unspecified atom stereocenters. The Balaban J connectivity index is 1.42. The molecule has 2 nitrogen and oxygen atoms in total. The van der Waals surface area contributed by atoms with E-state index in [1.165, 1.54) is 42.8 Å². The van der Waals surface area contributed by atoms with Crippen LogP contribution in [0.4, 0.5) is 0 Å². The van der Waals surface area contributed by atoms with Gasteiger partial charge in [-0.25, -0.2) is 0 Å². The van der Waals surface area contributed by atoms with Crippen molar-refractivity contribution in [3.05, 3.63) is 78.9 Å². The lowest BCUT2D eigenvalue weighted by atomic mass is 9.78. The molecule has 0 aromatic heterocycles. The van der Waals surface area contributed by atoms with Gasteiger partial charge in [-0.3, -0.25) is 0 Å². The molecule has 32 heavy (non-hydrogen) atoms. The highest BCUT2D eigenvalue weighted by atomic mass is 32.2. The third-order valence-electron chi connectivity index (χ3n) is 7.10. The van der Waals surface area contributed by atoms with Crippen LogP contribution in [0.15, 0.2) is 88.7 Å². The molecule has 4 heteroatoms. The van der Waals surface area contributed by atoms with Gasteiger partial charge in [-0.2, -0.15) is 0 Å². The molecule has 158 valence electrons. The molecule has 0 N–H and O–H groups in total. The first-order valence-corrected chi connectivity index (χ1v) is 11.9. The SMILES string of the molecule is CC1(C)OB(c2cccc(-c3ccc4c(c3)-c3cccc5cccc(c35)S4)c2)OC1(C)C. The fraction of sp³-hybridized carbons (Fsp3) is 0.214. The first-order chi connectivity index (χ1) is 15.3. The molecule has 6 rings (SSSR count). The standard InChI is InChI=1S/C28H25BO2S/c1-27(2)28(3,4)31-29(30-27)21-11-5-10-19(16-21)20-14-15-24-23(17-20)22-12-6-8-18-9-7-13-25(32-24)26(18)22/h5-17H,1-4H3. The van der Waals surface area contributed by atoms with Gasteiger partial charge in [0.2, 0.25) is 0 Å². The molecule has 0 amide bonds. The van der Waals surface area contributed by atoms with E-state index in [0.29, 0.717) is 0 Å². The summed E-state index contributed by atoms with van der Waals surface area (Å²) >= 11 is 1.86. The van der Waals surface area contributed by atoms with Crippen LogP contribution >= 0.6 is 11.8 Å². The zero-order valence-corrected chi connectivity index (χ0v) is 19.6. The first kappa shape index (κ1) is 20.1. The van der Waals surface area contributed by atoms with Gasteiger partial charge >= 0.3 is 7.12 Å². The third kappa shape index (κ3) is 3.05. The average Bonchev–Trinajstić information content (AvgIpc) is 3.01. The van der Waals surface area contributed by atoms with Crippen molar-refractivity contribution >= 4 is 35.1 Å². The molecule has 4 aromatic carbocycles. The normalized spacial score (nSPS) is 18.1. The maximum atomic E-state index is 6.28. The van der Waals surface area contributed by atoms with Crippen molar-refractivity contribution < 1.29 is 9.31 Å². The van der Waals surface area contributed by atoms with Crippen molar-refractivity contribution in [1.82, 2.24) is 0 Å². The number of rotatable bonds is 2. The predicted molar refractivity (Wildman–Crippen MR) is 135 cm³/mol. The monoisotopic (exact) mass is 436 g/mol. The van der Waals surface area contributed by atoms with E-state index in [9.17, 15) is 0 Å². The highest BCUT2D eigenvalue weighted by Crippen LogP contribution is 2.48. The summed E-state index contributed by atoms with van der Waals surface area (Å²) < 4.78 is 12.6. The van der Waals surface area contributed by atoms with E-state index < -0.39 is 0 Å². The Bertz CT molecular complexity index is 1350. The molecule has 2 aliphatic heterocycles. The fourth-order valence-corrected chi connectivity index (χ4v) is 5.72. The molecule has 4 aromatic rings. The quantitative estimate of drug-likeness (QED) is 0.279. The molecule has 0 radical (unpaired) electrons. The smallest absolute Gasteiger partial charge is 0.399 e. The summed E-state index contributed by atoms with van der Waals surface area (Å²) in [5.41, 5.74) is 5.37. The van der Waals surface area contributed by atoms with Crippen LogP contribution in [0.25, 0.3) is 33.0 Å². The van der Waals surface area contributed by atoms with E-state index >= 15 is 0 Å². The maximum absolute atomic E-state index is 6.28. The molecule has 2 aliphatic rings. The summed E-state index contributed by atoms with van der Waals surface area (Å²) in [6.45, 7) is 8.37. The molecular weight excluding hydrogens is 411 g/mol. The minimum atomic E-state index is -0.353. The second kappa shape index (κ2) is 6.98. The van der Waals surface area contributed by atoms with Crippen molar-refractivity contribution in [2.24, 2.45) is 0 Å². The summed E-state index contributed by atoms with van der Waals surface area (Å²) in [5, 5.41) is 2.65. The lowest BCUT2D eigenvalue weighted by molar-refractivity contribution is 0.00578. The molecule has 0 atom stereocenters. The molecule has 1 saturated heterocycles. The Hall–Kier alpha value is -2.53. The lowest BCUT2D eigenvalue weighted by Crippen LogP contribution is -2.41. The summed E-state index contributed by atoms with van der Waals surface area (Å²) in [6.07, 6.45) is 0. The second-order valence-corrected chi connectivity index (χ2v) is 10.8. The third-order valence-corrected chi connectivity index (χ3v) is 8.24. The molecule has 2 heterocycles. The van der Waals surface area contributed by atoms with Crippen LogP contribution in [0.5, 0.6) is 0 Å². The van der Waals surface area contributed by atoms with Crippen LogP contribution in [0.2, 0.25) is 0 Å². The van der Waals surface area contributed by atoms with Gasteiger partial charge < -0.3 is 9.31 Å². The molecule has 0 aliphatic carbocycles.